The van der Waals surface area contributed by atoms with E-state index in [4.69, 9.17) is 0 Å². The molecule has 1 heterocycles. The molecule has 0 aliphatic carbocycles. The van der Waals surface area contributed by atoms with Crippen LogP contribution in [0.15, 0.2) is 53.4 Å². The Morgan fingerprint density at radius 2 is 1.48 bits per heavy atom. The summed E-state index contributed by atoms with van der Waals surface area (Å²) >= 11 is 0. The number of hydrogen-bond acceptors (Lipinski definition) is 4. The highest BCUT2D eigenvalue weighted by Crippen LogP contribution is 2.21. The number of carbonyl (C=O) groups is 1. The fraction of sp³-hybridized carbons (Fsp3) is 0.458. The Balaban J connectivity index is 1.56. The van der Waals surface area contributed by atoms with Crippen LogP contribution in [0.4, 0.5) is 0 Å². The number of nitrogens with one attached hydrogen (secondary N) is 1. The van der Waals surface area contributed by atoms with E-state index in [0.29, 0.717) is 25.2 Å². The van der Waals surface area contributed by atoms with Gasteiger partial charge in [-0.05, 0) is 61.3 Å². The Morgan fingerprint density at radius 3 is 2.06 bits per heavy atom. The summed E-state index contributed by atoms with van der Waals surface area (Å²) in [5.74, 6) is -0.214. The number of benzene rings is 2. The van der Waals surface area contributed by atoms with Crippen LogP contribution >= 0.6 is 0 Å². The molecule has 2 aromatic rings. The third kappa shape index (κ3) is 6.15. The van der Waals surface area contributed by atoms with Gasteiger partial charge in [0.15, 0.2) is 0 Å². The van der Waals surface area contributed by atoms with Gasteiger partial charge in [0.1, 0.15) is 0 Å². The molecule has 6 nitrogen and oxygen atoms in total. The highest BCUT2D eigenvalue weighted by atomic mass is 32.2. The highest BCUT2D eigenvalue weighted by Gasteiger charge is 2.25. The van der Waals surface area contributed by atoms with E-state index >= 15 is 0 Å². The average molecular weight is 444 g/mol. The monoisotopic (exact) mass is 443 g/mol. The Labute approximate surface area is 186 Å². The quantitative estimate of drug-likeness (QED) is 0.643. The van der Waals surface area contributed by atoms with Crippen molar-refractivity contribution in [2.45, 2.75) is 51.1 Å². The van der Waals surface area contributed by atoms with Gasteiger partial charge in [0.2, 0.25) is 10.0 Å². The molecular formula is C24H33N3O3S. The van der Waals surface area contributed by atoms with Crippen molar-refractivity contribution in [1.29, 1.82) is 0 Å². The highest BCUT2D eigenvalue weighted by molar-refractivity contribution is 7.89. The summed E-state index contributed by atoms with van der Waals surface area (Å²) in [7, 11) is -3.48. The summed E-state index contributed by atoms with van der Waals surface area (Å²) in [4.78, 5) is 15.1. The molecule has 1 aliphatic rings. The smallest absolute Gasteiger partial charge is 0.251 e. The van der Waals surface area contributed by atoms with E-state index in [0.717, 1.165) is 44.5 Å². The van der Waals surface area contributed by atoms with Crippen LogP contribution in [0.25, 0.3) is 0 Å². The molecule has 168 valence electrons. The van der Waals surface area contributed by atoms with Crippen molar-refractivity contribution >= 4 is 15.9 Å². The van der Waals surface area contributed by atoms with Gasteiger partial charge in [-0.15, -0.1) is 0 Å². The zero-order valence-electron chi connectivity index (χ0n) is 18.5. The lowest BCUT2D eigenvalue weighted by Gasteiger charge is -2.25. The minimum Gasteiger partial charge on any atom is -0.348 e. The number of piperidine rings is 1. The fourth-order valence-electron chi connectivity index (χ4n) is 3.78. The number of amides is 1. The van der Waals surface area contributed by atoms with E-state index in [-0.39, 0.29) is 10.8 Å². The molecule has 0 bridgehead atoms. The zero-order chi connectivity index (χ0) is 22.3. The molecular weight excluding hydrogens is 410 g/mol. The van der Waals surface area contributed by atoms with Crippen LogP contribution in [0.5, 0.6) is 0 Å². The van der Waals surface area contributed by atoms with Gasteiger partial charge in [-0.2, -0.15) is 4.31 Å². The van der Waals surface area contributed by atoms with E-state index in [1.807, 2.05) is 12.1 Å². The zero-order valence-corrected chi connectivity index (χ0v) is 19.3. The predicted octanol–water partition coefficient (Wildman–Crippen LogP) is 3.63. The Hall–Kier alpha value is -2.22. The van der Waals surface area contributed by atoms with Crippen LogP contribution in [-0.2, 0) is 23.1 Å². The lowest BCUT2D eigenvalue weighted by Crippen LogP contribution is -2.35. The molecule has 2 aromatic carbocycles. The second-order valence-corrected chi connectivity index (χ2v) is 9.89. The molecule has 0 radical (unpaired) electrons. The van der Waals surface area contributed by atoms with E-state index in [9.17, 15) is 13.2 Å². The molecule has 0 atom stereocenters. The Morgan fingerprint density at radius 1 is 0.903 bits per heavy atom. The Bertz CT molecular complexity index is 947. The summed E-state index contributed by atoms with van der Waals surface area (Å²) in [6.45, 7) is 8.84. The fourth-order valence-corrected chi connectivity index (χ4v) is 5.30. The first-order valence-corrected chi connectivity index (χ1v) is 12.6. The van der Waals surface area contributed by atoms with Crippen LogP contribution in [0.2, 0.25) is 0 Å². The lowest BCUT2D eigenvalue weighted by molar-refractivity contribution is 0.0951. The predicted molar refractivity (Wildman–Crippen MR) is 123 cm³/mol. The van der Waals surface area contributed by atoms with Crippen LogP contribution in [0, 0.1) is 0 Å². The van der Waals surface area contributed by atoms with Crippen molar-refractivity contribution in [3.05, 3.63) is 65.2 Å². The standard InChI is InChI=1S/C24H33N3O3S/c1-3-26(4-2)19-21-10-8-20(9-11-21)18-25-24(28)22-12-14-23(15-13-22)31(29,30)27-16-6-5-7-17-27/h8-15H,3-7,16-19H2,1-2H3,(H,25,28). The number of hydrogen-bond donors (Lipinski definition) is 1. The molecule has 1 N–H and O–H groups in total. The topological polar surface area (TPSA) is 69.7 Å². The molecule has 0 spiro atoms. The normalized spacial score (nSPS) is 15.2. The van der Waals surface area contributed by atoms with Crippen LogP contribution < -0.4 is 5.32 Å². The van der Waals surface area contributed by atoms with Crippen molar-refractivity contribution in [2.75, 3.05) is 26.2 Å². The van der Waals surface area contributed by atoms with Gasteiger partial charge in [-0.25, -0.2) is 8.42 Å². The molecule has 0 saturated carbocycles. The van der Waals surface area contributed by atoms with Gasteiger partial charge < -0.3 is 5.32 Å². The average Bonchev–Trinajstić information content (AvgIpc) is 2.82. The summed E-state index contributed by atoms with van der Waals surface area (Å²) in [6.07, 6.45) is 2.87. The first-order chi connectivity index (χ1) is 14.9. The van der Waals surface area contributed by atoms with Gasteiger partial charge in [-0.3, -0.25) is 9.69 Å². The van der Waals surface area contributed by atoms with Crippen LogP contribution in [0.3, 0.4) is 0 Å². The second-order valence-electron chi connectivity index (χ2n) is 7.95. The minimum absolute atomic E-state index is 0.214. The second kappa shape index (κ2) is 10.9. The van der Waals surface area contributed by atoms with E-state index in [1.165, 1.54) is 22.0 Å². The van der Waals surface area contributed by atoms with Crippen molar-refractivity contribution in [2.24, 2.45) is 0 Å². The Kier molecular flexibility index (Phi) is 8.23. The molecule has 1 fully saturated rings. The van der Waals surface area contributed by atoms with E-state index in [2.05, 4.69) is 36.2 Å². The van der Waals surface area contributed by atoms with Crippen molar-refractivity contribution in [3.8, 4) is 0 Å². The largest absolute Gasteiger partial charge is 0.348 e. The molecule has 1 amide bonds. The van der Waals surface area contributed by atoms with Crippen LogP contribution in [0.1, 0.15) is 54.6 Å². The van der Waals surface area contributed by atoms with Gasteiger partial charge in [-0.1, -0.05) is 44.5 Å². The number of nitrogens with zero attached hydrogens (tertiary/aromatic N) is 2. The van der Waals surface area contributed by atoms with E-state index in [1.54, 1.807) is 12.1 Å². The molecule has 1 aliphatic heterocycles. The first-order valence-electron chi connectivity index (χ1n) is 11.1. The summed E-state index contributed by atoms with van der Waals surface area (Å²) in [5.41, 5.74) is 2.74. The molecule has 0 aromatic heterocycles. The van der Waals surface area contributed by atoms with Crippen molar-refractivity contribution in [3.63, 3.8) is 0 Å². The molecule has 7 heteroatoms. The number of sulfonamides is 1. The molecule has 31 heavy (non-hydrogen) atoms. The van der Waals surface area contributed by atoms with Crippen molar-refractivity contribution in [1.82, 2.24) is 14.5 Å². The summed E-state index contributed by atoms with van der Waals surface area (Å²) in [6, 6.07) is 14.5. The number of rotatable bonds is 9. The maximum atomic E-state index is 12.7. The molecule has 1 saturated heterocycles. The molecule has 3 rings (SSSR count). The van der Waals surface area contributed by atoms with Gasteiger partial charge >= 0.3 is 0 Å². The minimum atomic E-state index is -3.48. The first kappa shape index (κ1) is 23.4. The summed E-state index contributed by atoms with van der Waals surface area (Å²) < 4.78 is 27.0. The SMILES string of the molecule is CCN(CC)Cc1ccc(CNC(=O)c2ccc(S(=O)(=O)N3CCCCC3)cc2)cc1. The van der Waals surface area contributed by atoms with E-state index < -0.39 is 10.0 Å². The van der Waals surface area contributed by atoms with Gasteiger partial charge in [0.25, 0.3) is 5.91 Å². The number of carbonyl (C=O) groups excluding carboxylic acids is 1. The summed E-state index contributed by atoms with van der Waals surface area (Å²) in [5, 5.41) is 2.91. The lowest BCUT2D eigenvalue weighted by atomic mass is 10.1. The van der Waals surface area contributed by atoms with Crippen LogP contribution in [-0.4, -0.2) is 49.7 Å². The third-order valence-corrected chi connectivity index (χ3v) is 7.76. The third-order valence-electron chi connectivity index (χ3n) is 5.85. The molecule has 0 unspecified atom stereocenters. The maximum absolute atomic E-state index is 12.7. The van der Waals surface area contributed by atoms with Gasteiger partial charge in [0, 0.05) is 31.7 Å². The van der Waals surface area contributed by atoms with Gasteiger partial charge in [0.05, 0.1) is 4.90 Å². The van der Waals surface area contributed by atoms with Crippen molar-refractivity contribution < 1.29 is 13.2 Å². The maximum Gasteiger partial charge on any atom is 0.251 e.